The lowest BCUT2D eigenvalue weighted by atomic mass is 10.2. The van der Waals surface area contributed by atoms with Crippen molar-refractivity contribution in [1.29, 1.82) is 0 Å². The number of unbranched alkanes of at least 4 members (excludes halogenated alkanes) is 2. The van der Waals surface area contributed by atoms with E-state index in [1.165, 1.54) is 4.31 Å². The van der Waals surface area contributed by atoms with Crippen LogP contribution in [-0.2, 0) is 24.8 Å². The molecular weight excluding hydrogens is 438 g/mol. The molecule has 31 heavy (non-hydrogen) atoms. The highest BCUT2D eigenvalue weighted by Crippen LogP contribution is 2.23. The molecule has 0 saturated carbocycles. The zero-order valence-corrected chi connectivity index (χ0v) is 20.9. The third kappa shape index (κ3) is 7.42. The molecule has 0 unspecified atom stereocenters. The molecule has 0 bridgehead atoms. The maximum atomic E-state index is 13.0. The number of benzene rings is 1. The summed E-state index contributed by atoms with van der Waals surface area (Å²) in [5.74, 6) is 0. The molecule has 1 heterocycles. The maximum absolute atomic E-state index is 13.0. The van der Waals surface area contributed by atoms with Crippen LogP contribution >= 0.6 is 0 Å². The summed E-state index contributed by atoms with van der Waals surface area (Å²) >= 11 is 0. The van der Waals surface area contributed by atoms with Gasteiger partial charge in [-0.3, -0.25) is 0 Å². The van der Waals surface area contributed by atoms with Gasteiger partial charge in [0.15, 0.2) is 0 Å². The monoisotopic (exact) mass is 475 g/mol. The van der Waals surface area contributed by atoms with Gasteiger partial charge in [-0.1, -0.05) is 12.5 Å². The van der Waals surface area contributed by atoms with Gasteiger partial charge in [0, 0.05) is 31.9 Å². The van der Waals surface area contributed by atoms with E-state index in [4.69, 9.17) is 4.74 Å². The lowest BCUT2D eigenvalue weighted by Gasteiger charge is -2.34. The fourth-order valence-corrected chi connectivity index (χ4v) is 5.81. The molecule has 1 aromatic rings. The van der Waals surface area contributed by atoms with Gasteiger partial charge in [0.2, 0.25) is 20.0 Å². The zero-order valence-electron chi connectivity index (χ0n) is 19.2. The summed E-state index contributed by atoms with van der Waals surface area (Å²) in [6.07, 6.45) is 2.20. The molecule has 2 atom stereocenters. The standard InChI is InChI=1S/C21H37N3O5S2/c1-17-15-24(16-18(2)29-17)30(25,26)20-11-9-10-19(14-20)22-12-7-6-8-13-23-31(27,28)21(3,4)5/h9-11,14,17-18,22-23H,6-8,12-13,15-16H2,1-5H3/t17-,18+. The molecule has 2 rings (SSSR count). The molecule has 178 valence electrons. The van der Waals surface area contributed by atoms with E-state index in [-0.39, 0.29) is 17.1 Å². The first-order valence-corrected chi connectivity index (χ1v) is 13.7. The first-order chi connectivity index (χ1) is 14.3. The van der Waals surface area contributed by atoms with E-state index >= 15 is 0 Å². The lowest BCUT2D eigenvalue weighted by molar-refractivity contribution is -0.0440. The molecule has 0 amide bonds. The SMILES string of the molecule is C[C@@H]1CN(S(=O)(=O)c2cccc(NCCCCCNS(=O)(=O)C(C)(C)C)c2)C[C@H](C)O1. The Morgan fingerprint density at radius 1 is 1.00 bits per heavy atom. The van der Waals surface area contributed by atoms with Crippen LogP contribution in [0.2, 0.25) is 0 Å². The molecule has 1 aromatic carbocycles. The van der Waals surface area contributed by atoms with Crippen LogP contribution < -0.4 is 10.0 Å². The molecule has 0 spiro atoms. The molecule has 1 fully saturated rings. The van der Waals surface area contributed by atoms with E-state index in [0.717, 1.165) is 24.9 Å². The van der Waals surface area contributed by atoms with E-state index in [9.17, 15) is 16.8 Å². The van der Waals surface area contributed by atoms with E-state index in [1.54, 1.807) is 39.0 Å². The van der Waals surface area contributed by atoms with E-state index in [1.807, 2.05) is 19.9 Å². The average molecular weight is 476 g/mol. The van der Waals surface area contributed by atoms with Crippen molar-refractivity contribution in [2.24, 2.45) is 0 Å². The van der Waals surface area contributed by atoms with Crippen molar-refractivity contribution >= 4 is 25.7 Å². The Hall–Kier alpha value is -1.20. The Bertz CT molecular complexity index is 917. The predicted octanol–water partition coefficient (Wildman–Crippen LogP) is 2.78. The molecule has 0 aromatic heterocycles. The Kier molecular flexibility index (Phi) is 8.92. The normalized spacial score (nSPS) is 21.2. The Balaban J connectivity index is 1.81. The van der Waals surface area contributed by atoms with Crippen LogP contribution in [0.15, 0.2) is 29.2 Å². The number of nitrogens with zero attached hydrogens (tertiary/aromatic N) is 1. The molecule has 10 heteroatoms. The molecule has 1 saturated heterocycles. The minimum Gasteiger partial charge on any atom is -0.385 e. The fourth-order valence-electron chi connectivity index (χ4n) is 3.33. The number of hydrogen-bond donors (Lipinski definition) is 2. The van der Waals surface area contributed by atoms with Crippen molar-refractivity contribution < 1.29 is 21.6 Å². The summed E-state index contributed by atoms with van der Waals surface area (Å²) in [6.45, 7) is 10.6. The number of hydrogen-bond acceptors (Lipinski definition) is 6. The minimum absolute atomic E-state index is 0.132. The number of rotatable bonds is 10. The van der Waals surface area contributed by atoms with Gasteiger partial charge in [-0.2, -0.15) is 4.31 Å². The van der Waals surface area contributed by atoms with Crippen molar-refractivity contribution in [2.45, 2.75) is 75.7 Å². The van der Waals surface area contributed by atoms with Crippen LogP contribution in [-0.4, -0.2) is 64.3 Å². The number of anilines is 1. The molecule has 1 aliphatic heterocycles. The van der Waals surface area contributed by atoms with E-state index < -0.39 is 24.8 Å². The molecule has 2 N–H and O–H groups in total. The van der Waals surface area contributed by atoms with Crippen LogP contribution in [0.1, 0.15) is 53.9 Å². The highest BCUT2D eigenvalue weighted by atomic mass is 32.2. The van der Waals surface area contributed by atoms with Crippen LogP contribution in [0.5, 0.6) is 0 Å². The second-order valence-electron chi connectivity index (χ2n) is 9.10. The Labute approximate surface area is 187 Å². The predicted molar refractivity (Wildman–Crippen MR) is 124 cm³/mol. The van der Waals surface area contributed by atoms with Gasteiger partial charge in [0.1, 0.15) is 0 Å². The lowest BCUT2D eigenvalue weighted by Crippen LogP contribution is -2.48. The summed E-state index contributed by atoms with van der Waals surface area (Å²) in [6, 6.07) is 6.87. The number of morpholine rings is 1. The van der Waals surface area contributed by atoms with Gasteiger partial charge >= 0.3 is 0 Å². The minimum atomic E-state index is -3.57. The van der Waals surface area contributed by atoms with Crippen molar-refractivity contribution in [2.75, 3.05) is 31.5 Å². The highest BCUT2D eigenvalue weighted by Gasteiger charge is 2.32. The maximum Gasteiger partial charge on any atom is 0.243 e. The Morgan fingerprint density at radius 2 is 1.61 bits per heavy atom. The van der Waals surface area contributed by atoms with Gasteiger partial charge in [0.25, 0.3) is 0 Å². The smallest absolute Gasteiger partial charge is 0.243 e. The van der Waals surface area contributed by atoms with Crippen LogP contribution in [0.4, 0.5) is 5.69 Å². The third-order valence-electron chi connectivity index (χ3n) is 5.14. The first kappa shape index (κ1) is 26.1. The zero-order chi connectivity index (χ0) is 23.3. The molecule has 8 nitrogen and oxygen atoms in total. The quantitative estimate of drug-likeness (QED) is 0.504. The third-order valence-corrected chi connectivity index (χ3v) is 9.16. The topological polar surface area (TPSA) is 105 Å². The van der Waals surface area contributed by atoms with Crippen molar-refractivity contribution in [1.82, 2.24) is 9.03 Å². The molecular formula is C21H37N3O5S2. The van der Waals surface area contributed by atoms with Crippen molar-refractivity contribution in [3.05, 3.63) is 24.3 Å². The largest absolute Gasteiger partial charge is 0.385 e. The van der Waals surface area contributed by atoms with Crippen LogP contribution in [0.25, 0.3) is 0 Å². The van der Waals surface area contributed by atoms with Gasteiger partial charge in [-0.25, -0.2) is 21.6 Å². The molecule has 0 aliphatic carbocycles. The summed E-state index contributed by atoms with van der Waals surface area (Å²) < 4.78 is 59.0. The van der Waals surface area contributed by atoms with Gasteiger partial charge in [0.05, 0.1) is 21.9 Å². The van der Waals surface area contributed by atoms with Crippen molar-refractivity contribution in [3.63, 3.8) is 0 Å². The van der Waals surface area contributed by atoms with Gasteiger partial charge in [-0.15, -0.1) is 0 Å². The van der Waals surface area contributed by atoms with E-state index in [0.29, 0.717) is 26.2 Å². The summed E-state index contributed by atoms with van der Waals surface area (Å²) in [5, 5.41) is 3.26. The summed E-state index contributed by atoms with van der Waals surface area (Å²) in [5.41, 5.74) is 0.754. The number of ether oxygens (including phenoxy) is 1. The second kappa shape index (κ2) is 10.6. The number of sulfonamides is 2. The van der Waals surface area contributed by atoms with Gasteiger partial charge in [-0.05, 0) is 65.7 Å². The Morgan fingerprint density at radius 3 is 2.23 bits per heavy atom. The molecule has 0 radical (unpaired) electrons. The van der Waals surface area contributed by atoms with Crippen molar-refractivity contribution in [3.8, 4) is 0 Å². The average Bonchev–Trinajstić information content (AvgIpc) is 2.65. The van der Waals surface area contributed by atoms with Crippen LogP contribution in [0.3, 0.4) is 0 Å². The van der Waals surface area contributed by atoms with Crippen LogP contribution in [0, 0.1) is 0 Å². The second-order valence-corrected chi connectivity index (χ2v) is 13.6. The first-order valence-electron chi connectivity index (χ1n) is 10.8. The highest BCUT2D eigenvalue weighted by molar-refractivity contribution is 7.90. The fraction of sp³-hybridized carbons (Fsp3) is 0.714. The van der Waals surface area contributed by atoms with Gasteiger partial charge < -0.3 is 10.1 Å². The van der Waals surface area contributed by atoms with E-state index in [2.05, 4.69) is 10.0 Å². The summed E-state index contributed by atoms with van der Waals surface area (Å²) in [7, 11) is -6.87. The summed E-state index contributed by atoms with van der Waals surface area (Å²) in [4.78, 5) is 0.274. The molecule has 1 aliphatic rings. The number of nitrogens with one attached hydrogen (secondary N) is 2.